The first-order valence-corrected chi connectivity index (χ1v) is 8.86. The lowest BCUT2D eigenvalue weighted by atomic mass is 9.97. The quantitative estimate of drug-likeness (QED) is 0.682. The van der Waals surface area contributed by atoms with Gasteiger partial charge in [0.05, 0.1) is 5.39 Å². The third-order valence-corrected chi connectivity index (χ3v) is 5.14. The summed E-state index contributed by atoms with van der Waals surface area (Å²) in [7, 11) is 0. The first-order chi connectivity index (χ1) is 9.19. The van der Waals surface area contributed by atoms with Crippen LogP contribution in [0.3, 0.4) is 0 Å². The number of aromatic nitrogens is 2. The van der Waals surface area contributed by atoms with Crippen molar-refractivity contribution in [2.24, 2.45) is 0 Å². The Morgan fingerprint density at radius 2 is 2.00 bits per heavy atom. The molecule has 2 heterocycles. The van der Waals surface area contributed by atoms with Crippen molar-refractivity contribution in [1.29, 1.82) is 0 Å². The highest BCUT2D eigenvalue weighted by molar-refractivity contribution is 7.98. The summed E-state index contributed by atoms with van der Waals surface area (Å²) < 4.78 is 0. The number of thioether (sulfide) groups is 1. The summed E-state index contributed by atoms with van der Waals surface area (Å²) in [5.74, 6) is 1.03. The highest BCUT2D eigenvalue weighted by atomic mass is 32.2. The van der Waals surface area contributed by atoms with E-state index in [-0.39, 0.29) is 0 Å². The lowest BCUT2D eigenvalue weighted by molar-refractivity contribution is 0.700. The van der Waals surface area contributed by atoms with Gasteiger partial charge in [0.1, 0.15) is 10.6 Å². The van der Waals surface area contributed by atoms with Crippen LogP contribution in [0, 0.1) is 0 Å². The molecule has 3 nitrogen and oxygen atoms in total. The average Bonchev–Trinajstić information content (AvgIpc) is 2.76. The first kappa shape index (κ1) is 13.2. The second-order valence-corrected chi connectivity index (χ2v) is 7.11. The molecule has 0 saturated heterocycles. The number of hydrogen-bond donors (Lipinski definition) is 1. The van der Waals surface area contributed by atoms with Crippen molar-refractivity contribution in [3.63, 3.8) is 0 Å². The minimum atomic E-state index is 0.395. The zero-order chi connectivity index (χ0) is 13.4. The maximum Gasteiger partial charge on any atom is 0.190 e. The molecular weight excluding hydrogens is 274 g/mol. The predicted octanol–water partition coefficient (Wildman–Crippen LogP) is 4.11. The molecule has 0 bridgehead atoms. The van der Waals surface area contributed by atoms with E-state index in [1.807, 2.05) is 17.6 Å². The third-order valence-electron chi connectivity index (χ3n) is 3.40. The standard InChI is InChI=1S/C14H19N3S2/c1-8(2)15-12-11-9-6-4-5-7-10(9)19-13(11)17-14(16-12)18-3/h8H,4-7H2,1-3H3,(H,15,16,17). The van der Waals surface area contributed by atoms with Crippen molar-refractivity contribution < 1.29 is 0 Å². The molecule has 102 valence electrons. The highest BCUT2D eigenvalue weighted by Gasteiger charge is 2.21. The number of nitrogens with zero attached hydrogens (tertiary/aromatic N) is 2. The number of anilines is 1. The normalized spacial score (nSPS) is 14.9. The van der Waals surface area contributed by atoms with Crippen molar-refractivity contribution in [3.05, 3.63) is 10.4 Å². The fourth-order valence-corrected chi connectivity index (χ4v) is 4.29. The van der Waals surface area contributed by atoms with E-state index >= 15 is 0 Å². The summed E-state index contributed by atoms with van der Waals surface area (Å²) >= 11 is 3.48. The van der Waals surface area contributed by atoms with Crippen molar-refractivity contribution >= 4 is 39.1 Å². The number of rotatable bonds is 3. The van der Waals surface area contributed by atoms with E-state index in [1.54, 1.807) is 11.8 Å². The van der Waals surface area contributed by atoms with Crippen molar-refractivity contribution in [3.8, 4) is 0 Å². The van der Waals surface area contributed by atoms with Crippen LogP contribution in [-0.2, 0) is 12.8 Å². The van der Waals surface area contributed by atoms with Crippen LogP contribution in [0.2, 0.25) is 0 Å². The van der Waals surface area contributed by atoms with Gasteiger partial charge >= 0.3 is 0 Å². The van der Waals surface area contributed by atoms with Crippen LogP contribution < -0.4 is 5.32 Å². The van der Waals surface area contributed by atoms with E-state index in [0.29, 0.717) is 6.04 Å². The fourth-order valence-electron chi connectivity index (χ4n) is 2.61. The number of aryl methyl sites for hydroxylation is 2. The summed E-state index contributed by atoms with van der Waals surface area (Å²) in [6, 6.07) is 0.395. The number of nitrogens with one attached hydrogen (secondary N) is 1. The predicted molar refractivity (Wildman–Crippen MR) is 84.6 cm³/mol. The van der Waals surface area contributed by atoms with Gasteiger partial charge in [0.25, 0.3) is 0 Å². The molecule has 0 fully saturated rings. The Hall–Kier alpha value is -0.810. The van der Waals surface area contributed by atoms with E-state index in [2.05, 4.69) is 24.1 Å². The summed E-state index contributed by atoms with van der Waals surface area (Å²) in [6.45, 7) is 4.32. The summed E-state index contributed by atoms with van der Waals surface area (Å²) in [4.78, 5) is 12.1. The van der Waals surface area contributed by atoms with Crippen LogP contribution >= 0.6 is 23.1 Å². The molecular formula is C14H19N3S2. The molecule has 0 radical (unpaired) electrons. The third kappa shape index (κ3) is 2.46. The van der Waals surface area contributed by atoms with Crippen LogP contribution in [0.1, 0.15) is 37.1 Å². The Kier molecular flexibility index (Phi) is 3.67. The lowest BCUT2D eigenvalue weighted by Crippen LogP contribution is -2.12. The Morgan fingerprint density at radius 1 is 1.21 bits per heavy atom. The van der Waals surface area contributed by atoms with Gasteiger partial charge in [0.2, 0.25) is 0 Å². The van der Waals surface area contributed by atoms with Gasteiger partial charge in [-0.3, -0.25) is 0 Å². The Morgan fingerprint density at radius 3 is 2.74 bits per heavy atom. The van der Waals surface area contributed by atoms with Crippen molar-refractivity contribution in [2.45, 2.75) is 50.7 Å². The fraction of sp³-hybridized carbons (Fsp3) is 0.571. The molecule has 19 heavy (non-hydrogen) atoms. The molecule has 0 amide bonds. The molecule has 3 rings (SSSR count). The first-order valence-electron chi connectivity index (χ1n) is 6.82. The molecule has 1 aliphatic rings. The van der Waals surface area contributed by atoms with E-state index in [9.17, 15) is 0 Å². The minimum Gasteiger partial charge on any atom is -0.367 e. The second-order valence-electron chi connectivity index (χ2n) is 5.25. The summed E-state index contributed by atoms with van der Waals surface area (Å²) in [5, 5.41) is 5.65. The monoisotopic (exact) mass is 293 g/mol. The average molecular weight is 293 g/mol. The van der Waals surface area contributed by atoms with Crippen LogP contribution in [0.5, 0.6) is 0 Å². The largest absolute Gasteiger partial charge is 0.367 e. The molecule has 0 saturated carbocycles. The maximum absolute atomic E-state index is 4.70. The molecule has 2 aromatic rings. The Bertz CT molecular complexity index is 604. The lowest BCUT2D eigenvalue weighted by Gasteiger charge is -2.14. The zero-order valence-electron chi connectivity index (χ0n) is 11.6. The second kappa shape index (κ2) is 5.29. The van der Waals surface area contributed by atoms with Crippen molar-refractivity contribution in [1.82, 2.24) is 9.97 Å². The number of fused-ring (bicyclic) bond motifs is 3. The maximum atomic E-state index is 4.70. The highest BCUT2D eigenvalue weighted by Crippen LogP contribution is 2.39. The van der Waals surface area contributed by atoms with Gasteiger partial charge in [-0.2, -0.15) is 0 Å². The molecule has 0 unspecified atom stereocenters. The molecule has 5 heteroatoms. The molecule has 1 N–H and O–H groups in total. The van der Waals surface area contributed by atoms with Crippen LogP contribution in [-0.4, -0.2) is 22.3 Å². The van der Waals surface area contributed by atoms with Gasteiger partial charge in [-0.25, -0.2) is 9.97 Å². The van der Waals surface area contributed by atoms with Crippen LogP contribution in [0.25, 0.3) is 10.2 Å². The van der Waals surface area contributed by atoms with Gasteiger partial charge in [-0.15, -0.1) is 11.3 Å². The van der Waals surface area contributed by atoms with Gasteiger partial charge in [-0.1, -0.05) is 11.8 Å². The van der Waals surface area contributed by atoms with Crippen molar-refractivity contribution in [2.75, 3.05) is 11.6 Å². The Balaban J connectivity index is 2.21. The summed E-state index contributed by atoms with van der Waals surface area (Å²) in [6.07, 6.45) is 7.05. The Labute approximate surface area is 122 Å². The molecule has 2 aromatic heterocycles. The molecule has 0 atom stereocenters. The molecule has 0 spiro atoms. The molecule has 0 aliphatic heterocycles. The van der Waals surface area contributed by atoms with Gasteiger partial charge in [0.15, 0.2) is 5.16 Å². The SMILES string of the molecule is CSc1nc(NC(C)C)c2c3c(sc2n1)CCCC3. The van der Waals surface area contributed by atoms with Crippen LogP contribution in [0.4, 0.5) is 5.82 Å². The van der Waals surface area contributed by atoms with E-state index in [4.69, 9.17) is 4.98 Å². The van der Waals surface area contributed by atoms with Gasteiger partial charge < -0.3 is 5.32 Å². The number of thiophene rings is 1. The zero-order valence-corrected chi connectivity index (χ0v) is 13.2. The van der Waals surface area contributed by atoms with E-state index < -0.39 is 0 Å². The van der Waals surface area contributed by atoms with Gasteiger partial charge in [0, 0.05) is 10.9 Å². The molecule has 0 aromatic carbocycles. The summed E-state index contributed by atoms with van der Waals surface area (Å²) in [5.41, 5.74) is 1.50. The number of hydrogen-bond acceptors (Lipinski definition) is 5. The molecule has 1 aliphatic carbocycles. The van der Waals surface area contributed by atoms with E-state index in [0.717, 1.165) is 15.8 Å². The smallest absolute Gasteiger partial charge is 0.190 e. The van der Waals surface area contributed by atoms with Crippen LogP contribution in [0.15, 0.2) is 5.16 Å². The topological polar surface area (TPSA) is 37.8 Å². The minimum absolute atomic E-state index is 0.395. The van der Waals surface area contributed by atoms with E-state index in [1.165, 1.54) is 41.5 Å². The van der Waals surface area contributed by atoms with Gasteiger partial charge in [-0.05, 0) is 51.3 Å².